The Morgan fingerprint density at radius 2 is 1.00 bits per heavy atom. The number of rotatable bonds is 18. The van der Waals surface area contributed by atoms with Gasteiger partial charge in [-0.1, -0.05) is 13.3 Å². The Morgan fingerprint density at radius 3 is 1.37 bits per heavy atom. The summed E-state index contributed by atoms with van der Waals surface area (Å²) >= 11 is 0. The van der Waals surface area contributed by atoms with Gasteiger partial charge in [0.2, 0.25) is 0 Å². The number of aliphatic carboxylic acids is 5. The van der Waals surface area contributed by atoms with Crippen molar-refractivity contribution in [1.82, 2.24) is 14.7 Å². The molecule has 0 spiro atoms. The quantitative estimate of drug-likeness (QED) is 0.167. The van der Waals surface area contributed by atoms with Crippen LogP contribution in [0.4, 0.5) is 0 Å². The van der Waals surface area contributed by atoms with Crippen molar-refractivity contribution in [3.05, 3.63) is 0 Å². The van der Waals surface area contributed by atoms with Crippen molar-refractivity contribution in [1.29, 1.82) is 0 Å². The minimum absolute atomic E-state index is 0.00105. The molecule has 13 heteroatoms. The van der Waals surface area contributed by atoms with Gasteiger partial charge in [0.05, 0.1) is 32.7 Å². The van der Waals surface area contributed by atoms with Crippen molar-refractivity contribution >= 4 is 29.8 Å². The molecule has 5 N–H and O–H groups in total. The smallest absolute Gasteiger partial charge is 0.317 e. The zero-order chi connectivity index (χ0) is 23.3. The van der Waals surface area contributed by atoms with E-state index in [0.29, 0.717) is 12.8 Å². The third-order valence-electron chi connectivity index (χ3n) is 4.09. The van der Waals surface area contributed by atoms with Gasteiger partial charge in [0.1, 0.15) is 0 Å². The predicted molar refractivity (Wildman–Crippen MR) is 101 cm³/mol. The summed E-state index contributed by atoms with van der Waals surface area (Å²) in [6.07, 6.45) is 0.996. The average Bonchev–Trinajstić information content (AvgIpc) is 2.56. The lowest BCUT2D eigenvalue weighted by molar-refractivity contribution is -0.144. The molecule has 0 heterocycles. The maximum atomic E-state index is 11.2. The standard InChI is InChI=1S/C17H29N3O10/c1-2-3-12(20(10-16(27)28)11-17(29)30)6-18(7-13(21)22)4-5-19(8-14(23)24)9-15(25)26/h12H,2-11H2,1H3,(H,21,22)(H,23,24)(H,25,26)(H,27,28)(H,29,30). The number of carbonyl (C=O) groups is 5. The summed E-state index contributed by atoms with van der Waals surface area (Å²) in [5.74, 6) is -6.11. The topological polar surface area (TPSA) is 196 Å². The van der Waals surface area contributed by atoms with E-state index in [-0.39, 0.29) is 19.6 Å². The molecule has 0 aromatic heterocycles. The molecule has 30 heavy (non-hydrogen) atoms. The summed E-state index contributed by atoms with van der Waals surface area (Å²) in [5.41, 5.74) is 0. The Labute approximate surface area is 173 Å². The van der Waals surface area contributed by atoms with Crippen LogP contribution in [-0.4, -0.2) is 128 Å². The molecular formula is C17H29N3O10. The largest absolute Gasteiger partial charge is 0.480 e. The molecule has 0 aliphatic carbocycles. The van der Waals surface area contributed by atoms with Gasteiger partial charge in [0, 0.05) is 25.7 Å². The van der Waals surface area contributed by atoms with Crippen LogP contribution in [0.1, 0.15) is 19.8 Å². The van der Waals surface area contributed by atoms with E-state index in [4.69, 9.17) is 25.5 Å². The molecular weight excluding hydrogens is 406 g/mol. The summed E-state index contributed by atoms with van der Waals surface area (Å²) in [4.78, 5) is 59.1. The maximum absolute atomic E-state index is 11.2. The van der Waals surface area contributed by atoms with Crippen LogP contribution in [0.2, 0.25) is 0 Å². The number of nitrogens with zero attached hydrogens (tertiary/aromatic N) is 3. The predicted octanol–water partition coefficient (Wildman–Crippen LogP) is -1.52. The first-order valence-corrected chi connectivity index (χ1v) is 9.22. The molecule has 0 aliphatic rings. The fraction of sp³-hybridized carbons (Fsp3) is 0.706. The molecule has 1 unspecified atom stereocenters. The number of carboxylic acid groups (broad SMARTS) is 5. The molecule has 0 bridgehead atoms. The second-order valence-corrected chi connectivity index (χ2v) is 6.76. The van der Waals surface area contributed by atoms with E-state index < -0.39 is 68.6 Å². The minimum atomic E-state index is -1.24. The highest BCUT2D eigenvalue weighted by atomic mass is 16.4. The molecule has 0 rings (SSSR count). The monoisotopic (exact) mass is 435 g/mol. The first-order valence-electron chi connectivity index (χ1n) is 9.22. The van der Waals surface area contributed by atoms with E-state index in [1.165, 1.54) is 9.80 Å². The van der Waals surface area contributed by atoms with Crippen LogP contribution in [0.3, 0.4) is 0 Å². The fourth-order valence-corrected chi connectivity index (χ4v) is 2.99. The van der Waals surface area contributed by atoms with Gasteiger partial charge in [-0.05, 0) is 6.42 Å². The Bertz CT molecular complexity index is 581. The Morgan fingerprint density at radius 1 is 0.633 bits per heavy atom. The van der Waals surface area contributed by atoms with Crippen LogP contribution >= 0.6 is 0 Å². The van der Waals surface area contributed by atoms with E-state index in [2.05, 4.69) is 0 Å². The molecule has 1 atom stereocenters. The molecule has 0 saturated carbocycles. The minimum Gasteiger partial charge on any atom is -0.480 e. The van der Waals surface area contributed by atoms with Gasteiger partial charge < -0.3 is 25.5 Å². The zero-order valence-corrected chi connectivity index (χ0v) is 16.8. The van der Waals surface area contributed by atoms with Gasteiger partial charge in [-0.25, -0.2) is 0 Å². The normalized spacial score (nSPS) is 12.3. The first kappa shape index (κ1) is 27.2. The highest BCUT2D eigenvalue weighted by Gasteiger charge is 2.26. The van der Waals surface area contributed by atoms with Gasteiger partial charge in [0.15, 0.2) is 0 Å². The zero-order valence-electron chi connectivity index (χ0n) is 16.8. The molecule has 0 amide bonds. The van der Waals surface area contributed by atoms with Crippen molar-refractivity contribution < 1.29 is 49.5 Å². The van der Waals surface area contributed by atoms with Gasteiger partial charge in [-0.2, -0.15) is 0 Å². The van der Waals surface area contributed by atoms with E-state index in [1.807, 2.05) is 6.92 Å². The van der Waals surface area contributed by atoms with E-state index in [0.717, 1.165) is 4.90 Å². The number of hydrogen-bond acceptors (Lipinski definition) is 8. The summed E-state index contributed by atoms with van der Waals surface area (Å²) in [7, 11) is 0. The molecule has 0 aromatic rings. The molecule has 13 nitrogen and oxygen atoms in total. The highest BCUT2D eigenvalue weighted by Crippen LogP contribution is 2.10. The molecule has 0 aromatic carbocycles. The first-order chi connectivity index (χ1) is 13.9. The lowest BCUT2D eigenvalue weighted by atomic mass is 10.1. The fourth-order valence-electron chi connectivity index (χ4n) is 2.99. The second-order valence-electron chi connectivity index (χ2n) is 6.76. The number of carboxylic acids is 5. The molecule has 0 aliphatic heterocycles. The lowest BCUT2D eigenvalue weighted by Crippen LogP contribution is -2.50. The van der Waals surface area contributed by atoms with E-state index >= 15 is 0 Å². The van der Waals surface area contributed by atoms with Crippen LogP contribution in [0.15, 0.2) is 0 Å². The number of hydrogen-bond donors (Lipinski definition) is 5. The molecule has 0 saturated heterocycles. The Balaban J connectivity index is 5.38. The highest BCUT2D eigenvalue weighted by molar-refractivity contribution is 5.73. The van der Waals surface area contributed by atoms with Crippen molar-refractivity contribution in [3.8, 4) is 0 Å². The Hall–Kier alpha value is -2.77. The van der Waals surface area contributed by atoms with Crippen molar-refractivity contribution in [2.45, 2.75) is 25.8 Å². The summed E-state index contributed by atoms with van der Waals surface area (Å²) < 4.78 is 0. The average molecular weight is 435 g/mol. The third kappa shape index (κ3) is 13.4. The van der Waals surface area contributed by atoms with Crippen LogP contribution in [0.25, 0.3) is 0 Å². The lowest BCUT2D eigenvalue weighted by Gasteiger charge is -2.34. The van der Waals surface area contributed by atoms with Crippen molar-refractivity contribution in [2.75, 3.05) is 52.4 Å². The van der Waals surface area contributed by atoms with E-state index in [9.17, 15) is 24.0 Å². The van der Waals surface area contributed by atoms with Gasteiger partial charge >= 0.3 is 29.8 Å². The SMILES string of the molecule is CCCC(CN(CCN(CC(=O)O)CC(=O)O)CC(=O)O)N(CC(=O)O)CC(=O)O. The third-order valence-corrected chi connectivity index (χ3v) is 4.09. The van der Waals surface area contributed by atoms with Gasteiger partial charge in [-0.15, -0.1) is 0 Å². The van der Waals surface area contributed by atoms with Crippen LogP contribution in [0, 0.1) is 0 Å². The molecule has 172 valence electrons. The Kier molecular flexibility index (Phi) is 12.9. The summed E-state index contributed by atoms with van der Waals surface area (Å²) in [6, 6.07) is -0.575. The van der Waals surface area contributed by atoms with Crippen LogP contribution < -0.4 is 0 Å². The van der Waals surface area contributed by atoms with Gasteiger partial charge in [0.25, 0.3) is 0 Å². The van der Waals surface area contributed by atoms with Crippen LogP contribution in [0.5, 0.6) is 0 Å². The maximum Gasteiger partial charge on any atom is 0.317 e. The van der Waals surface area contributed by atoms with Crippen molar-refractivity contribution in [3.63, 3.8) is 0 Å². The molecule has 0 radical (unpaired) electrons. The summed E-state index contributed by atoms with van der Waals surface area (Å²) in [6.45, 7) is -0.841. The molecule has 0 fully saturated rings. The van der Waals surface area contributed by atoms with E-state index in [1.54, 1.807) is 0 Å². The van der Waals surface area contributed by atoms with Crippen LogP contribution in [-0.2, 0) is 24.0 Å². The van der Waals surface area contributed by atoms with Gasteiger partial charge in [-0.3, -0.25) is 38.7 Å². The summed E-state index contributed by atoms with van der Waals surface area (Å²) in [5, 5.41) is 45.1. The second kappa shape index (κ2) is 14.3. The van der Waals surface area contributed by atoms with Crippen molar-refractivity contribution in [2.24, 2.45) is 0 Å².